The number of anilines is 1. The largest absolute Gasteiger partial charge is 0.416 e. The molecule has 35 heavy (non-hydrogen) atoms. The lowest BCUT2D eigenvalue weighted by Gasteiger charge is -2.20. The van der Waals surface area contributed by atoms with Crippen LogP contribution in [0, 0.1) is 5.82 Å². The molecule has 3 aromatic carbocycles. The summed E-state index contributed by atoms with van der Waals surface area (Å²) in [7, 11) is -3.83. The Morgan fingerprint density at radius 3 is 2.40 bits per heavy atom. The van der Waals surface area contributed by atoms with Crippen LogP contribution < -0.4 is 4.72 Å². The molecule has 0 saturated carbocycles. The average Bonchev–Trinajstić information content (AvgIpc) is 3.47. The number of hydrogen-bond donors (Lipinski definition) is 1. The fourth-order valence-corrected chi connectivity index (χ4v) is 6.29. The van der Waals surface area contributed by atoms with Crippen LogP contribution in [0.1, 0.15) is 34.6 Å². The van der Waals surface area contributed by atoms with Crippen LogP contribution in [0.4, 0.5) is 22.7 Å². The lowest BCUT2D eigenvalue weighted by Crippen LogP contribution is -2.13. The van der Waals surface area contributed by atoms with E-state index in [0.717, 1.165) is 23.3 Å². The number of fused-ring (bicyclic) bond motifs is 1. The minimum atomic E-state index is -4.52. The van der Waals surface area contributed by atoms with E-state index < -0.39 is 27.6 Å². The van der Waals surface area contributed by atoms with Gasteiger partial charge in [-0.3, -0.25) is 4.72 Å². The van der Waals surface area contributed by atoms with E-state index in [4.69, 9.17) is 0 Å². The third-order valence-electron chi connectivity index (χ3n) is 6.07. The lowest BCUT2D eigenvalue weighted by atomic mass is 9.86. The summed E-state index contributed by atoms with van der Waals surface area (Å²) in [5, 5.41) is 1.92. The molecule has 0 amide bonds. The van der Waals surface area contributed by atoms with Crippen molar-refractivity contribution >= 4 is 26.5 Å². The molecule has 0 spiro atoms. The summed E-state index contributed by atoms with van der Waals surface area (Å²) in [5.74, 6) is -0.704. The molecule has 1 N–H and O–H groups in total. The molecule has 0 unspecified atom stereocenters. The highest BCUT2D eigenvalue weighted by Gasteiger charge is 2.33. The molecular formula is C25H18F4N2O2S2. The number of nitrogens with one attached hydrogen (secondary N) is 1. The second-order valence-corrected chi connectivity index (χ2v) is 10.8. The molecular weight excluding hydrogens is 500 g/mol. The summed E-state index contributed by atoms with van der Waals surface area (Å²) in [6.07, 6.45) is -1.84. The van der Waals surface area contributed by atoms with Crippen LogP contribution >= 0.6 is 11.3 Å². The average molecular weight is 519 g/mol. The second kappa shape index (κ2) is 8.76. The minimum Gasteiger partial charge on any atom is -0.255 e. The smallest absolute Gasteiger partial charge is 0.255 e. The number of thiazole rings is 1. The van der Waals surface area contributed by atoms with Crippen molar-refractivity contribution in [1.29, 1.82) is 0 Å². The molecule has 0 fully saturated rings. The van der Waals surface area contributed by atoms with Crippen LogP contribution in [-0.4, -0.2) is 13.4 Å². The van der Waals surface area contributed by atoms with Gasteiger partial charge in [0.1, 0.15) is 5.82 Å². The van der Waals surface area contributed by atoms with E-state index in [1.54, 1.807) is 17.5 Å². The van der Waals surface area contributed by atoms with Crippen molar-refractivity contribution in [3.63, 3.8) is 0 Å². The number of sulfonamides is 1. The third-order valence-corrected chi connectivity index (χ3v) is 8.22. The molecule has 0 aliphatic heterocycles. The van der Waals surface area contributed by atoms with Crippen molar-refractivity contribution < 1.29 is 26.0 Å². The number of nitrogens with zero attached hydrogens (tertiary/aromatic N) is 1. The highest BCUT2D eigenvalue weighted by Crippen LogP contribution is 2.44. The van der Waals surface area contributed by atoms with Crippen LogP contribution in [0.5, 0.6) is 0 Å². The van der Waals surface area contributed by atoms with Gasteiger partial charge in [0, 0.05) is 17.5 Å². The van der Waals surface area contributed by atoms with Gasteiger partial charge in [-0.25, -0.2) is 17.8 Å². The molecule has 4 aromatic rings. The Morgan fingerprint density at radius 2 is 1.71 bits per heavy atom. The molecule has 0 radical (unpaired) electrons. The van der Waals surface area contributed by atoms with Gasteiger partial charge < -0.3 is 0 Å². The first-order valence-corrected chi connectivity index (χ1v) is 13.0. The number of hydrogen-bond acceptors (Lipinski definition) is 4. The fraction of sp³-hybridized carbons (Fsp3) is 0.160. The molecule has 4 nitrogen and oxygen atoms in total. The zero-order chi connectivity index (χ0) is 24.8. The normalized spacial score (nSPS) is 15.7. The molecule has 1 atom stereocenters. The predicted octanol–water partition coefficient (Wildman–Crippen LogP) is 6.85. The van der Waals surface area contributed by atoms with Crippen molar-refractivity contribution in [2.75, 3.05) is 4.72 Å². The molecule has 1 aliphatic rings. The van der Waals surface area contributed by atoms with Gasteiger partial charge in [0.25, 0.3) is 10.0 Å². The fourth-order valence-electron chi connectivity index (χ4n) is 4.45. The van der Waals surface area contributed by atoms with E-state index >= 15 is 0 Å². The van der Waals surface area contributed by atoms with E-state index in [9.17, 15) is 26.0 Å². The Labute approximate surface area is 203 Å². The number of rotatable bonds is 5. The van der Waals surface area contributed by atoms with E-state index in [-0.39, 0.29) is 15.9 Å². The standard InChI is InChI=1S/C25H18F4N2O2S2/c26-18-5-1-15(2-6-18)23-14-17(25(27,28)29)4-9-22(23)21-8-3-16-13-19(7-10-20(16)21)35(32,33)31-24-30-11-12-34-24/h1-2,4-7,9-14,21H,3,8H2,(H,30,31)/t21-/m0/s1. The maximum absolute atomic E-state index is 13.5. The SMILES string of the molecule is O=S(=O)(Nc1nccs1)c1ccc2c(c1)CC[C@@H]2c1ccc(C(F)(F)F)cc1-c1ccc(F)cc1. The second-order valence-electron chi connectivity index (χ2n) is 8.20. The number of alkyl halides is 3. The Hall–Kier alpha value is -3.24. The molecule has 0 saturated heterocycles. The first kappa shape index (κ1) is 23.5. The van der Waals surface area contributed by atoms with Gasteiger partial charge in [-0.2, -0.15) is 13.2 Å². The number of aromatic nitrogens is 1. The van der Waals surface area contributed by atoms with Crippen LogP contribution in [0.3, 0.4) is 0 Å². The van der Waals surface area contributed by atoms with E-state index in [1.807, 2.05) is 0 Å². The number of aryl methyl sites for hydroxylation is 1. The van der Waals surface area contributed by atoms with Gasteiger partial charge >= 0.3 is 6.18 Å². The van der Waals surface area contributed by atoms with Crippen molar-refractivity contribution in [3.8, 4) is 11.1 Å². The van der Waals surface area contributed by atoms with Gasteiger partial charge in [-0.05, 0) is 77.1 Å². The quantitative estimate of drug-likeness (QED) is 0.294. The van der Waals surface area contributed by atoms with Crippen molar-refractivity contribution in [1.82, 2.24) is 4.98 Å². The summed E-state index contributed by atoms with van der Waals surface area (Å²) in [6, 6.07) is 13.8. The number of halogens is 4. The Morgan fingerprint density at radius 1 is 0.971 bits per heavy atom. The lowest BCUT2D eigenvalue weighted by molar-refractivity contribution is -0.137. The van der Waals surface area contributed by atoms with E-state index in [2.05, 4.69) is 9.71 Å². The van der Waals surface area contributed by atoms with Gasteiger partial charge in [0.2, 0.25) is 0 Å². The summed E-state index contributed by atoms with van der Waals surface area (Å²) >= 11 is 1.17. The van der Waals surface area contributed by atoms with Gasteiger partial charge in [-0.15, -0.1) is 11.3 Å². The van der Waals surface area contributed by atoms with Gasteiger partial charge in [-0.1, -0.05) is 24.3 Å². The molecule has 180 valence electrons. The highest BCUT2D eigenvalue weighted by molar-refractivity contribution is 7.93. The summed E-state index contributed by atoms with van der Waals surface area (Å²) in [4.78, 5) is 4.04. The highest BCUT2D eigenvalue weighted by atomic mass is 32.2. The first-order valence-electron chi connectivity index (χ1n) is 10.6. The van der Waals surface area contributed by atoms with Crippen LogP contribution in [0.15, 0.2) is 77.1 Å². The molecule has 0 bridgehead atoms. The van der Waals surface area contributed by atoms with Crippen LogP contribution in [0.2, 0.25) is 0 Å². The Balaban J connectivity index is 1.54. The van der Waals surface area contributed by atoms with Crippen molar-refractivity contribution in [2.45, 2.75) is 29.8 Å². The van der Waals surface area contributed by atoms with Crippen molar-refractivity contribution in [3.05, 3.63) is 100 Å². The first-order chi connectivity index (χ1) is 16.6. The zero-order valence-electron chi connectivity index (χ0n) is 18.0. The third kappa shape index (κ3) is 4.68. The van der Waals surface area contributed by atoms with Crippen LogP contribution in [0.25, 0.3) is 11.1 Å². The summed E-state index contributed by atoms with van der Waals surface area (Å²) in [5.41, 5.74) is 2.43. The maximum atomic E-state index is 13.5. The molecule has 1 aromatic heterocycles. The maximum Gasteiger partial charge on any atom is 0.416 e. The van der Waals surface area contributed by atoms with E-state index in [1.165, 1.54) is 53.9 Å². The Kier molecular flexibility index (Phi) is 5.88. The molecule has 1 aliphatic carbocycles. The zero-order valence-corrected chi connectivity index (χ0v) is 19.6. The Bertz CT molecular complexity index is 1480. The topological polar surface area (TPSA) is 59.1 Å². The van der Waals surface area contributed by atoms with Gasteiger partial charge in [0.15, 0.2) is 5.13 Å². The summed E-state index contributed by atoms with van der Waals surface area (Å²) in [6.45, 7) is 0. The van der Waals surface area contributed by atoms with E-state index in [0.29, 0.717) is 29.5 Å². The molecule has 5 rings (SSSR count). The molecule has 10 heteroatoms. The monoisotopic (exact) mass is 518 g/mol. The summed E-state index contributed by atoms with van der Waals surface area (Å²) < 4.78 is 81.8. The van der Waals surface area contributed by atoms with Gasteiger partial charge in [0.05, 0.1) is 10.5 Å². The number of benzene rings is 3. The molecule has 1 heterocycles. The minimum absolute atomic E-state index is 0.0956. The predicted molar refractivity (Wildman–Crippen MR) is 126 cm³/mol. The van der Waals surface area contributed by atoms with Crippen LogP contribution in [-0.2, 0) is 22.6 Å². The van der Waals surface area contributed by atoms with Crippen molar-refractivity contribution in [2.24, 2.45) is 0 Å².